The summed E-state index contributed by atoms with van der Waals surface area (Å²) in [5, 5.41) is 0. The second-order valence-corrected chi connectivity index (χ2v) is 6.32. The number of hydrogen-bond acceptors (Lipinski definition) is 4. The van der Waals surface area contributed by atoms with E-state index in [-0.39, 0.29) is 17.5 Å². The smallest absolute Gasteiger partial charge is 0.153 e. The molecule has 1 aromatic rings. The summed E-state index contributed by atoms with van der Waals surface area (Å²) in [5.74, 6) is 4.79. The second kappa shape index (κ2) is 5.02. The van der Waals surface area contributed by atoms with Gasteiger partial charge in [-0.3, -0.25) is 9.59 Å². The van der Waals surface area contributed by atoms with Gasteiger partial charge in [0, 0.05) is 11.3 Å². The predicted octanol–water partition coefficient (Wildman–Crippen LogP) is 2.54. The van der Waals surface area contributed by atoms with Crippen LogP contribution in [-0.2, 0) is 9.59 Å². The number of hydrogen-bond donors (Lipinski definition) is 1. The van der Waals surface area contributed by atoms with Crippen LogP contribution in [0.2, 0.25) is 0 Å². The highest BCUT2D eigenvalue weighted by Gasteiger charge is 2.46. The number of nitrogens with two attached hydrogens (primary N) is 1. The Hall–Kier alpha value is -1.68. The summed E-state index contributed by atoms with van der Waals surface area (Å²) in [7, 11) is 0. The van der Waals surface area contributed by atoms with E-state index in [1.807, 2.05) is 33.8 Å². The van der Waals surface area contributed by atoms with E-state index < -0.39 is 11.3 Å². The molecule has 4 nitrogen and oxygen atoms in total. The summed E-state index contributed by atoms with van der Waals surface area (Å²) in [6.45, 7) is 7.60. The van der Waals surface area contributed by atoms with E-state index in [1.54, 1.807) is 12.1 Å². The lowest BCUT2D eigenvalue weighted by Gasteiger charge is -2.37. The minimum atomic E-state index is -0.705. The van der Waals surface area contributed by atoms with Crippen molar-refractivity contribution in [3.05, 3.63) is 29.3 Å². The zero-order valence-corrected chi connectivity index (χ0v) is 12.4. The van der Waals surface area contributed by atoms with Gasteiger partial charge in [-0.2, -0.15) is 5.90 Å². The van der Waals surface area contributed by atoms with Crippen molar-refractivity contribution < 1.29 is 14.4 Å². The summed E-state index contributed by atoms with van der Waals surface area (Å²) in [5.41, 5.74) is 1.13. The number of carbonyl (C=O) groups excluding carboxylic acids is 2. The van der Waals surface area contributed by atoms with Gasteiger partial charge in [0.15, 0.2) is 11.6 Å². The normalized spacial score (nSPS) is 25.6. The molecule has 0 radical (unpaired) electrons. The lowest BCUT2D eigenvalue weighted by atomic mass is 9.64. The highest BCUT2D eigenvalue weighted by molar-refractivity contribution is 6.12. The Balaban J connectivity index is 2.53. The molecule has 0 bridgehead atoms. The van der Waals surface area contributed by atoms with E-state index in [9.17, 15) is 9.59 Å². The molecule has 1 aliphatic rings. The van der Waals surface area contributed by atoms with Crippen LogP contribution in [0.3, 0.4) is 0 Å². The van der Waals surface area contributed by atoms with Crippen LogP contribution in [0.5, 0.6) is 5.75 Å². The molecule has 2 N–H and O–H groups in total. The molecule has 108 valence electrons. The maximum atomic E-state index is 12.7. The molecule has 1 aromatic carbocycles. The zero-order valence-electron chi connectivity index (χ0n) is 12.4. The van der Waals surface area contributed by atoms with E-state index in [1.165, 1.54) is 0 Å². The van der Waals surface area contributed by atoms with E-state index in [0.717, 1.165) is 5.56 Å². The van der Waals surface area contributed by atoms with E-state index in [0.29, 0.717) is 17.7 Å². The van der Waals surface area contributed by atoms with Crippen molar-refractivity contribution in [3.8, 4) is 5.75 Å². The predicted molar refractivity (Wildman–Crippen MR) is 76.3 cm³/mol. The van der Waals surface area contributed by atoms with Crippen molar-refractivity contribution in [2.24, 2.45) is 17.2 Å². The van der Waals surface area contributed by atoms with E-state index in [2.05, 4.69) is 0 Å². The van der Waals surface area contributed by atoms with Crippen LogP contribution in [0, 0.1) is 18.3 Å². The molecular formula is C16H21NO3. The number of benzene rings is 1. The van der Waals surface area contributed by atoms with Crippen molar-refractivity contribution in [1.29, 1.82) is 0 Å². The number of aryl methyl sites for hydroxylation is 1. The quantitative estimate of drug-likeness (QED) is 0.665. The minimum absolute atomic E-state index is 0.00778. The van der Waals surface area contributed by atoms with E-state index >= 15 is 0 Å². The number of carbonyl (C=O) groups is 2. The lowest BCUT2D eigenvalue weighted by molar-refractivity contribution is -0.142. The Labute approximate surface area is 119 Å². The van der Waals surface area contributed by atoms with Crippen LogP contribution in [0.25, 0.3) is 0 Å². The molecule has 20 heavy (non-hydrogen) atoms. The highest BCUT2D eigenvalue weighted by Crippen LogP contribution is 2.42. The second-order valence-electron chi connectivity index (χ2n) is 6.32. The van der Waals surface area contributed by atoms with Crippen molar-refractivity contribution in [1.82, 2.24) is 0 Å². The van der Waals surface area contributed by atoms with Gasteiger partial charge in [-0.1, -0.05) is 26.8 Å². The minimum Gasteiger partial charge on any atom is -0.412 e. The molecular weight excluding hydrogens is 254 g/mol. The molecule has 4 heteroatoms. The summed E-state index contributed by atoms with van der Waals surface area (Å²) < 4.78 is 0. The molecule has 0 heterocycles. The molecule has 0 aliphatic heterocycles. The van der Waals surface area contributed by atoms with Crippen molar-refractivity contribution in [3.63, 3.8) is 0 Å². The van der Waals surface area contributed by atoms with Gasteiger partial charge in [-0.25, -0.2) is 0 Å². The fourth-order valence-corrected chi connectivity index (χ4v) is 3.07. The van der Waals surface area contributed by atoms with Gasteiger partial charge in [-0.15, -0.1) is 0 Å². The Morgan fingerprint density at radius 3 is 2.55 bits per heavy atom. The largest absolute Gasteiger partial charge is 0.412 e. The number of Topliss-reactive ketones (excluding diaryl/α,β-unsaturated/α-hetero) is 2. The molecule has 0 saturated heterocycles. The first-order valence-corrected chi connectivity index (χ1v) is 6.83. The van der Waals surface area contributed by atoms with Crippen LogP contribution < -0.4 is 10.7 Å². The van der Waals surface area contributed by atoms with Crippen molar-refractivity contribution >= 4 is 11.6 Å². The Kier molecular flexibility index (Phi) is 3.69. The molecule has 1 fully saturated rings. The summed E-state index contributed by atoms with van der Waals surface area (Å²) >= 11 is 0. The summed E-state index contributed by atoms with van der Waals surface area (Å²) in [4.78, 5) is 29.9. The molecule has 1 aliphatic carbocycles. The SMILES string of the molecule is Cc1ccc(ON)cc1C1C(=O)C(C)CC(C)(C)C1=O. The fourth-order valence-electron chi connectivity index (χ4n) is 3.07. The number of ketones is 2. The first-order chi connectivity index (χ1) is 9.27. The number of rotatable bonds is 2. The Morgan fingerprint density at radius 1 is 1.30 bits per heavy atom. The maximum absolute atomic E-state index is 12.7. The molecule has 0 spiro atoms. The maximum Gasteiger partial charge on any atom is 0.153 e. The lowest BCUT2D eigenvalue weighted by Crippen LogP contribution is -2.43. The van der Waals surface area contributed by atoms with Gasteiger partial charge in [0.1, 0.15) is 11.7 Å². The van der Waals surface area contributed by atoms with Gasteiger partial charge < -0.3 is 4.84 Å². The van der Waals surface area contributed by atoms with Crippen molar-refractivity contribution in [2.75, 3.05) is 0 Å². The summed E-state index contributed by atoms with van der Waals surface area (Å²) in [6.07, 6.45) is 0.604. The van der Waals surface area contributed by atoms with Gasteiger partial charge >= 0.3 is 0 Å². The third-order valence-electron chi connectivity index (χ3n) is 4.21. The molecule has 0 amide bonds. The molecule has 2 unspecified atom stereocenters. The fraction of sp³-hybridized carbons (Fsp3) is 0.500. The third-order valence-corrected chi connectivity index (χ3v) is 4.21. The average molecular weight is 275 g/mol. The van der Waals surface area contributed by atoms with Gasteiger partial charge in [0.25, 0.3) is 0 Å². The molecule has 0 aromatic heterocycles. The van der Waals surface area contributed by atoms with Crippen LogP contribution in [0.4, 0.5) is 0 Å². The third kappa shape index (κ3) is 2.36. The monoisotopic (exact) mass is 275 g/mol. The topological polar surface area (TPSA) is 69.4 Å². The molecule has 2 rings (SSSR count). The average Bonchev–Trinajstić information content (AvgIpc) is 2.38. The standard InChI is InChI=1S/C16H21NO3/c1-9-5-6-11(20-17)7-12(9)13-14(18)10(2)8-16(3,4)15(13)19/h5-7,10,13H,8,17H2,1-4H3. The Bertz CT molecular complexity index is 563. The first-order valence-electron chi connectivity index (χ1n) is 6.83. The summed E-state index contributed by atoms with van der Waals surface area (Å²) in [6, 6.07) is 5.25. The van der Waals surface area contributed by atoms with Gasteiger partial charge in [0.05, 0.1) is 0 Å². The van der Waals surface area contributed by atoms with Gasteiger partial charge in [0.2, 0.25) is 0 Å². The van der Waals surface area contributed by atoms with Crippen LogP contribution in [0.15, 0.2) is 18.2 Å². The molecule has 2 atom stereocenters. The Morgan fingerprint density at radius 2 is 1.95 bits per heavy atom. The zero-order chi connectivity index (χ0) is 15.1. The first kappa shape index (κ1) is 14.7. The van der Waals surface area contributed by atoms with Crippen LogP contribution in [0.1, 0.15) is 44.2 Å². The van der Waals surface area contributed by atoms with E-state index in [4.69, 9.17) is 10.7 Å². The van der Waals surface area contributed by atoms with Crippen molar-refractivity contribution in [2.45, 2.75) is 40.0 Å². The van der Waals surface area contributed by atoms with Gasteiger partial charge in [-0.05, 0) is 36.6 Å². The van der Waals surface area contributed by atoms with Crippen LogP contribution >= 0.6 is 0 Å². The molecule has 1 saturated carbocycles. The highest BCUT2D eigenvalue weighted by atomic mass is 16.6. The van der Waals surface area contributed by atoms with Crippen LogP contribution in [-0.4, -0.2) is 11.6 Å².